The van der Waals surface area contributed by atoms with Crippen molar-refractivity contribution >= 4 is 40.3 Å². The first-order valence-electron chi connectivity index (χ1n) is 9.17. The maximum absolute atomic E-state index is 12.6. The number of benzene rings is 2. The van der Waals surface area contributed by atoms with Crippen molar-refractivity contribution in [1.29, 1.82) is 0 Å². The van der Waals surface area contributed by atoms with Crippen molar-refractivity contribution in [2.75, 3.05) is 18.1 Å². The zero-order valence-corrected chi connectivity index (χ0v) is 17.6. The number of nitrogens with one attached hydrogen (secondary N) is 1. The van der Waals surface area contributed by atoms with Crippen LogP contribution in [0.1, 0.15) is 12.5 Å². The Labute approximate surface area is 172 Å². The third-order valence-electron chi connectivity index (χ3n) is 4.19. The van der Waals surface area contributed by atoms with E-state index in [0.717, 1.165) is 5.75 Å². The number of fused-ring (bicyclic) bond motifs is 1. The Balaban J connectivity index is 1.53. The van der Waals surface area contributed by atoms with Gasteiger partial charge in [-0.15, -0.1) is 11.8 Å². The van der Waals surface area contributed by atoms with Gasteiger partial charge in [0.05, 0.1) is 16.7 Å². The predicted molar refractivity (Wildman–Crippen MR) is 117 cm³/mol. The monoisotopic (exact) mass is 413 g/mol. The molecule has 0 spiro atoms. The van der Waals surface area contributed by atoms with Crippen LogP contribution >= 0.6 is 23.5 Å². The Morgan fingerprint density at radius 2 is 1.86 bits per heavy atom. The molecule has 5 nitrogen and oxygen atoms in total. The molecule has 3 rings (SSSR count). The van der Waals surface area contributed by atoms with Gasteiger partial charge in [0, 0.05) is 23.7 Å². The largest absolute Gasteiger partial charge is 0.355 e. The van der Waals surface area contributed by atoms with E-state index in [4.69, 9.17) is 0 Å². The molecule has 0 aliphatic rings. The van der Waals surface area contributed by atoms with Crippen molar-refractivity contribution in [1.82, 2.24) is 14.9 Å². The second kappa shape index (κ2) is 9.80. The number of aromatic nitrogens is 2. The van der Waals surface area contributed by atoms with Crippen molar-refractivity contribution < 1.29 is 4.79 Å². The summed E-state index contributed by atoms with van der Waals surface area (Å²) in [6.45, 7) is 5.09. The number of aryl methyl sites for hydroxylation is 1. The van der Waals surface area contributed by atoms with E-state index < -0.39 is 0 Å². The highest BCUT2D eigenvalue weighted by atomic mass is 32.2. The normalized spacial score (nSPS) is 10.9. The van der Waals surface area contributed by atoms with E-state index in [2.05, 4.69) is 41.5 Å². The first-order valence-corrected chi connectivity index (χ1v) is 11.1. The van der Waals surface area contributed by atoms with Gasteiger partial charge in [0.1, 0.15) is 0 Å². The number of para-hydroxylation sites is 1. The minimum atomic E-state index is -0.0643. The molecular formula is C21H23N3O2S2. The molecule has 1 amide bonds. The second-order valence-corrected chi connectivity index (χ2v) is 8.37. The molecule has 0 aliphatic carbocycles. The molecule has 28 heavy (non-hydrogen) atoms. The summed E-state index contributed by atoms with van der Waals surface area (Å²) < 4.78 is 1.62. The van der Waals surface area contributed by atoms with E-state index in [9.17, 15) is 9.59 Å². The van der Waals surface area contributed by atoms with Crippen LogP contribution in [0.25, 0.3) is 10.9 Å². The lowest BCUT2D eigenvalue weighted by atomic mass is 10.2. The molecule has 1 aromatic heterocycles. The van der Waals surface area contributed by atoms with Crippen LogP contribution in [0.2, 0.25) is 0 Å². The Morgan fingerprint density at radius 3 is 2.61 bits per heavy atom. The van der Waals surface area contributed by atoms with Crippen LogP contribution < -0.4 is 10.9 Å². The van der Waals surface area contributed by atoms with Crippen LogP contribution in [0, 0.1) is 6.92 Å². The maximum atomic E-state index is 12.6. The van der Waals surface area contributed by atoms with Crippen molar-refractivity contribution in [3.05, 3.63) is 64.4 Å². The molecule has 0 fully saturated rings. The Bertz CT molecular complexity index is 1020. The van der Waals surface area contributed by atoms with Crippen LogP contribution in [-0.2, 0) is 11.3 Å². The van der Waals surface area contributed by atoms with Crippen molar-refractivity contribution in [2.45, 2.75) is 30.4 Å². The Kier molecular flexibility index (Phi) is 7.17. The number of amides is 1. The minimum Gasteiger partial charge on any atom is -0.355 e. The Morgan fingerprint density at radius 1 is 1.11 bits per heavy atom. The summed E-state index contributed by atoms with van der Waals surface area (Å²) in [5.74, 6) is 0.993. The van der Waals surface area contributed by atoms with E-state index in [1.54, 1.807) is 22.4 Å². The lowest BCUT2D eigenvalue weighted by Gasteiger charge is -2.11. The lowest BCUT2D eigenvalue weighted by molar-refractivity contribution is -0.118. The lowest BCUT2D eigenvalue weighted by Crippen LogP contribution is -2.28. The topological polar surface area (TPSA) is 64.0 Å². The second-order valence-electron chi connectivity index (χ2n) is 6.26. The third-order valence-corrected chi connectivity index (χ3v) is 6.18. The number of hydrogen-bond donors (Lipinski definition) is 1. The zero-order chi connectivity index (χ0) is 19.9. The number of carbonyl (C=O) groups excluding carboxylic acids is 1. The quantitative estimate of drug-likeness (QED) is 0.346. The smallest absolute Gasteiger partial charge is 0.262 e. The molecule has 7 heteroatoms. The standard InChI is InChI=1S/C21H23N3O2S2/c1-3-24-20(26)17-6-4-5-7-18(17)23-21(24)28-14-19(25)22-12-13-27-16-10-8-15(2)9-11-16/h4-11H,3,12-14H2,1-2H3,(H,22,25). The number of hydrogen-bond acceptors (Lipinski definition) is 5. The SMILES string of the molecule is CCn1c(SCC(=O)NCCSc2ccc(C)cc2)nc2ccccc2c1=O. The first kappa shape index (κ1) is 20.5. The number of rotatable bonds is 8. The molecule has 146 valence electrons. The summed E-state index contributed by atoms with van der Waals surface area (Å²) in [5, 5.41) is 4.11. The fraction of sp³-hybridized carbons (Fsp3) is 0.286. The van der Waals surface area contributed by atoms with E-state index >= 15 is 0 Å². The van der Waals surface area contributed by atoms with Gasteiger partial charge in [0.15, 0.2) is 5.16 Å². The average Bonchev–Trinajstić information content (AvgIpc) is 2.71. The molecule has 0 bridgehead atoms. The van der Waals surface area contributed by atoms with E-state index in [1.807, 2.05) is 25.1 Å². The van der Waals surface area contributed by atoms with Gasteiger partial charge in [-0.1, -0.05) is 41.6 Å². The summed E-state index contributed by atoms with van der Waals surface area (Å²) in [7, 11) is 0. The molecule has 0 radical (unpaired) electrons. The summed E-state index contributed by atoms with van der Waals surface area (Å²) in [6.07, 6.45) is 0. The molecule has 1 heterocycles. The van der Waals surface area contributed by atoms with Crippen molar-refractivity contribution in [3.8, 4) is 0 Å². The number of nitrogens with zero attached hydrogens (tertiary/aromatic N) is 2. The average molecular weight is 414 g/mol. The highest BCUT2D eigenvalue weighted by Crippen LogP contribution is 2.19. The van der Waals surface area contributed by atoms with Gasteiger partial charge in [0.25, 0.3) is 5.56 Å². The Hall–Kier alpha value is -2.25. The molecule has 0 unspecified atom stereocenters. The molecular weight excluding hydrogens is 390 g/mol. The molecule has 2 aromatic carbocycles. The van der Waals surface area contributed by atoms with E-state index in [-0.39, 0.29) is 17.2 Å². The summed E-state index contributed by atoms with van der Waals surface area (Å²) in [4.78, 5) is 30.5. The molecule has 0 saturated heterocycles. The molecule has 3 aromatic rings. The fourth-order valence-corrected chi connectivity index (χ4v) is 4.37. The van der Waals surface area contributed by atoms with Gasteiger partial charge in [-0.2, -0.15) is 0 Å². The molecule has 0 aliphatic heterocycles. The minimum absolute atomic E-state index is 0.0560. The highest BCUT2D eigenvalue weighted by molar-refractivity contribution is 7.99. The van der Waals surface area contributed by atoms with Crippen molar-refractivity contribution in [2.24, 2.45) is 0 Å². The highest BCUT2D eigenvalue weighted by Gasteiger charge is 2.12. The number of carbonyl (C=O) groups is 1. The zero-order valence-electron chi connectivity index (χ0n) is 16.0. The van der Waals surface area contributed by atoms with E-state index in [0.29, 0.717) is 29.1 Å². The molecule has 1 N–H and O–H groups in total. The van der Waals surface area contributed by atoms with Crippen LogP contribution in [0.15, 0.2) is 63.4 Å². The first-order chi connectivity index (χ1) is 13.6. The van der Waals surface area contributed by atoms with Crippen LogP contribution in [-0.4, -0.2) is 33.5 Å². The summed E-state index contributed by atoms with van der Waals surface area (Å²) >= 11 is 3.01. The molecule has 0 saturated carbocycles. The van der Waals surface area contributed by atoms with Gasteiger partial charge in [-0.3, -0.25) is 14.2 Å². The van der Waals surface area contributed by atoms with Gasteiger partial charge < -0.3 is 5.32 Å². The summed E-state index contributed by atoms with van der Waals surface area (Å²) in [5.41, 5.74) is 1.84. The summed E-state index contributed by atoms with van der Waals surface area (Å²) in [6, 6.07) is 15.6. The van der Waals surface area contributed by atoms with Gasteiger partial charge in [0.2, 0.25) is 5.91 Å². The van der Waals surface area contributed by atoms with Gasteiger partial charge >= 0.3 is 0 Å². The fourth-order valence-electron chi connectivity index (χ4n) is 2.71. The van der Waals surface area contributed by atoms with Crippen molar-refractivity contribution in [3.63, 3.8) is 0 Å². The van der Waals surface area contributed by atoms with E-state index in [1.165, 1.54) is 22.2 Å². The molecule has 0 atom stereocenters. The predicted octanol–water partition coefficient (Wildman–Crippen LogP) is 3.73. The van der Waals surface area contributed by atoms with Crippen LogP contribution in [0.3, 0.4) is 0 Å². The van der Waals surface area contributed by atoms with Crippen LogP contribution in [0.5, 0.6) is 0 Å². The third kappa shape index (κ3) is 5.17. The van der Waals surface area contributed by atoms with Gasteiger partial charge in [-0.05, 0) is 38.1 Å². The van der Waals surface area contributed by atoms with Gasteiger partial charge in [-0.25, -0.2) is 4.98 Å². The van der Waals surface area contributed by atoms with Crippen LogP contribution in [0.4, 0.5) is 0 Å². The maximum Gasteiger partial charge on any atom is 0.262 e. The number of thioether (sulfide) groups is 2.